The van der Waals surface area contributed by atoms with Crippen molar-refractivity contribution in [1.82, 2.24) is 9.78 Å². The summed E-state index contributed by atoms with van der Waals surface area (Å²) >= 11 is 0. The average molecular weight is 364 g/mol. The van der Waals surface area contributed by atoms with Gasteiger partial charge in [0.15, 0.2) is 5.82 Å². The second-order valence-electron chi connectivity index (χ2n) is 5.72. The van der Waals surface area contributed by atoms with Crippen molar-refractivity contribution >= 4 is 17.9 Å². The summed E-state index contributed by atoms with van der Waals surface area (Å²) in [7, 11) is 1.77. The van der Waals surface area contributed by atoms with Gasteiger partial charge < -0.3 is 9.57 Å². The first-order valence-electron chi connectivity index (χ1n) is 8.08. The van der Waals surface area contributed by atoms with E-state index in [-0.39, 0.29) is 11.7 Å². The third-order valence-electron chi connectivity index (χ3n) is 3.88. The first-order chi connectivity index (χ1) is 12.5. The second kappa shape index (κ2) is 7.94. The van der Waals surface area contributed by atoms with Gasteiger partial charge in [-0.3, -0.25) is 14.4 Å². The van der Waals surface area contributed by atoms with Crippen LogP contribution in [-0.2, 0) is 16.7 Å². The summed E-state index contributed by atoms with van der Waals surface area (Å²) in [6, 6.07) is 7.95. The quantitative estimate of drug-likeness (QED) is 0.584. The van der Waals surface area contributed by atoms with E-state index in [4.69, 9.17) is 4.84 Å². The normalized spacial score (nSPS) is 17.9. The first kappa shape index (κ1) is 17.8. The van der Waals surface area contributed by atoms with Crippen LogP contribution in [0.1, 0.15) is 18.4 Å². The van der Waals surface area contributed by atoms with Crippen molar-refractivity contribution in [3.8, 4) is 5.75 Å². The van der Waals surface area contributed by atoms with Gasteiger partial charge in [-0.05, 0) is 25.0 Å². The van der Waals surface area contributed by atoms with E-state index >= 15 is 0 Å². The summed E-state index contributed by atoms with van der Waals surface area (Å²) in [6.07, 6.45) is 3.53. The number of aromatic nitrogens is 2. The molecule has 1 atom stereocenters. The van der Waals surface area contributed by atoms with Crippen molar-refractivity contribution in [3.05, 3.63) is 42.1 Å². The predicted octanol–water partition coefficient (Wildman–Crippen LogP) is 2.57. The number of oxime groups is 1. The number of piperidine rings is 1. The second-order valence-corrected chi connectivity index (χ2v) is 5.72. The van der Waals surface area contributed by atoms with E-state index < -0.39 is 12.7 Å². The molecular formula is C17H18F2N4O3. The number of halogens is 2. The van der Waals surface area contributed by atoms with Gasteiger partial charge in [-0.1, -0.05) is 17.3 Å². The Morgan fingerprint density at radius 2 is 2.15 bits per heavy atom. The van der Waals surface area contributed by atoms with Crippen molar-refractivity contribution < 1.29 is 23.1 Å². The van der Waals surface area contributed by atoms with Crippen LogP contribution >= 0.6 is 0 Å². The smallest absolute Gasteiger partial charge is 0.387 e. The Kier molecular flexibility index (Phi) is 5.45. The van der Waals surface area contributed by atoms with Crippen LogP contribution in [0.4, 0.5) is 14.6 Å². The summed E-state index contributed by atoms with van der Waals surface area (Å²) in [4.78, 5) is 19.4. The van der Waals surface area contributed by atoms with Crippen molar-refractivity contribution in [2.24, 2.45) is 12.2 Å². The largest absolute Gasteiger partial charge is 0.434 e. The molecule has 1 unspecified atom stereocenters. The van der Waals surface area contributed by atoms with Crippen molar-refractivity contribution in [3.63, 3.8) is 0 Å². The lowest BCUT2D eigenvalue weighted by atomic mass is 10.1. The molecule has 26 heavy (non-hydrogen) atoms. The van der Waals surface area contributed by atoms with E-state index in [0.29, 0.717) is 24.3 Å². The summed E-state index contributed by atoms with van der Waals surface area (Å²) in [5.41, 5.74) is 0.331. The summed E-state index contributed by atoms with van der Waals surface area (Å²) < 4.78 is 30.9. The maximum absolute atomic E-state index is 12.5. The van der Waals surface area contributed by atoms with E-state index in [1.165, 1.54) is 12.3 Å². The lowest BCUT2D eigenvalue weighted by Gasteiger charge is -2.29. The van der Waals surface area contributed by atoms with Crippen LogP contribution < -0.4 is 9.64 Å². The van der Waals surface area contributed by atoms with Crippen molar-refractivity contribution in [2.75, 3.05) is 11.4 Å². The SMILES string of the molecule is Cn1ccc(N2CCCC(O/N=C/c3ccccc3OC(F)F)C2=O)n1. The summed E-state index contributed by atoms with van der Waals surface area (Å²) in [5.74, 6) is 0.314. The number of benzene rings is 1. The van der Waals surface area contributed by atoms with Crippen LogP contribution in [0.3, 0.4) is 0 Å². The minimum absolute atomic E-state index is 0.0140. The van der Waals surface area contributed by atoms with Crippen LogP contribution in [-0.4, -0.2) is 41.2 Å². The number of hydrogen-bond acceptors (Lipinski definition) is 5. The minimum atomic E-state index is -2.93. The van der Waals surface area contributed by atoms with Gasteiger partial charge in [0.05, 0.1) is 6.21 Å². The van der Waals surface area contributed by atoms with Gasteiger partial charge >= 0.3 is 6.61 Å². The molecule has 1 aromatic heterocycles. The highest BCUT2D eigenvalue weighted by atomic mass is 19.3. The standard InChI is InChI=1S/C17H18F2N4O3/c1-22-10-8-15(21-22)23-9-4-7-14(16(23)24)26-20-11-12-5-2-3-6-13(12)25-17(18)19/h2-3,5-6,8,10-11,14,17H,4,7,9H2,1H3/b20-11+. The Morgan fingerprint density at radius 1 is 1.35 bits per heavy atom. The summed E-state index contributed by atoms with van der Waals surface area (Å²) in [5, 5.41) is 8.02. The van der Waals surface area contributed by atoms with Crippen LogP contribution in [0.15, 0.2) is 41.7 Å². The predicted molar refractivity (Wildman–Crippen MR) is 90.3 cm³/mol. The molecule has 0 aliphatic carbocycles. The zero-order chi connectivity index (χ0) is 18.5. The molecule has 138 valence electrons. The fourth-order valence-electron chi connectivity index (χ4n) is 2.67. The number of amides is 1. The third-order valence-corrected chi connectivity index (χ3v) is 3.88. The minimum Gasteiger partial charge on any atom is -0.434 e. The van der Waals surface area contributed by atoms with Gasteiger partial charge in [0.2, 0.25) is 6.10 Å². The molecule has 1 fully saturated rings. The molecule has 1 aliphatic rings. The Hall–Kier alpha value is -2.97. The van der Waals surface area contributed by atoms with E-state index in [0.717, 1.165) is 6.42 Å². The molecule has 3 rings (SSSR count). The maximum atomic E-state index is 12.5. The van der Waals surface area contributed by atoms with Crippen LogP contribution in [0.2, 0.25) is 0 Å². The number of para-hydroxylation sites is 1. The van der Waals surface area contributed by atoms with Crippen LogP contribution in [0, 0.1) is 0 Å². The maximum Gasteiger partial charge on any atom is 0.387 e. The molecule has 1 amide bonds. The highest BCUT2D eigenvalue weighted by molar-refractivity contribution is 5.96. The third kappa shape index (κ3) is 4.16. The number of carbonyl (C=O) groups is 1. The first-order valence-corrected chi connectivity index (χ1v) is 8.08. The highest BCUT2D eigenvalue weighted by Crippen LogP contribution is 2.22. The van der Waals surface area contributed by atoms with Gasteiger partial charge in [-0.25, -0.2) is 0 Å². The molecule has 0 bridgehead atoms. The molecule has 0 spiro atoms. The van der Waals surface area contributed by atoms with E-state index in [1.807, 2.05) is 0 Å². The van der Waals surface area contributed by atoms with Gasteiger partial charge in [0, 0.05) is 31.4 Å². The topological polar surface area (TPSA) is 68.9 Å². The highest BCUT2D eigenvalue weighted by Gasteiger charge is 2.32. The summed E-state index contributed by atoms with van der Waals surface area (Å²) in [6.45, 7) is -2.37. The zero-order valence-electron chi connectivity index (χ0n) is 14.1. The molecule has 0 saturated carbocycles. The fraction of sp³-hybridized carbons (Fsp3) is 0.353. The van der Waals surface area contributed by atoms with Crippen molar-refractivity contribution in [1.29, 1.82) is 0 Å². The van der Waals surface area contributed by atoms with Crippen LogP contribution in [0.25, 0.3) is 0 Å². The lowest BCUT2D eigenvalue weighted by molar-refractivity contribution is -0.132. The molecule has 1 aromatic carbocycles. The molecule has 0 N–H and O–H groups in total. The Labute approximate surface area is 148 Å². The Bertz CT molecular complexity index is 794. The number of alkyl halides is 2. The van der Waals surface area contributed by atoms with Crippen molar-refractivity contribution in [2.45, 2.75) is 25.6 Å². The molecule has 1 aliphatic heterocycles. The Balaban J connectivity index is 1.66. The zero-order valence-corrected chi connectivity index (χ0v) is 14.1. The van der Waals surface area contributed by atoms with E-state index in [1.54, 1.807) is 47.1 Å². The van der Waals surface area contributed by atoms with Crippen LogP contribution in [0.5, 0.6) is 5.75 Å². The van der Waals surface area contributed by atoms with E-state index in [9.17, 15) is 13.6 Å². The fourth-order valence-corrected chi connectivity index (χ4v) is 2.67. The van der Waals surface area contributed by atoms with Gasteiger partial charge in [-0.2, -0.15) is 13.9 Å². The molecule has 1 saturated heterocycles. The average Bonchev–Trinajstić information content (AvgIpc) is 3.03. The molecule has 0 radical (unpaired) electrons. The van der Waals surface area contributed by atoms with Gasteiger partial charge in [0.25, 0.3) is 5.91 Å². The number of ether oxygens (including phenoxy) is 1. The lowest BCUT2D eigenvalue weighted by Crippen LogP contribution is -2.45. The monoisotopic (exact) mass is 364 g/mol. The number of hydrogen-bond donors (Lipinski definition) is 0. The Morgan fingerprint density at radius 3 is 2.88 bits per heavy atom. The van der Waals surface area contributed by atoms with Gasteiger partial charge in [0.1, 0.15) is 5.75 Å². The number of rotatable bonds is 6. The molecule has 7 nitrogen and oxygen atoms in total. The molecule has 2 heterocycles. The van der Waals surface area contributed by atoms with Gasteiger partial charge in [-0.15, -0.1) is 0 Å². The van der Waals surface area contributed by atoms with E-state index in [2.05, 4.69) is 15.0 Å². The number of nitrogens with zero attached hydrogens (tertiary/aromatic N) is 4. The molecule has 2 aromatic rings. The molecule has 9 heteroatoms. The number of anilines is 1. The number of aryl methyl sites for hydroxylation is 1. The number of carbonyl (C=O) groups excluding carboxylic acids is 1. The molecular weight excluding hydrogens is 346 g/mol.